The maximum atomic E-state index is 11.9. The van der Waals surface area contributed by atoms with E-state index >= 15 is 0 Å². The summed E-state index contributed by atoms with van der Waals surface area (Å²) < 4.78 is 0. The van der Waals surface area contributed by atoms with Gasteiger partial charge in [0, 0.05) is 43.4 Å². The van der Waals surface area contributed by atoms with Crippen LogP contribution in [0.15, 0.2) is 54.6 Å². The molecule has 0 bridgehead atoms. The number of hydrogen-bond donors (Lipinski definition) is 1. The van der Waals surface area contributed by atoms with Crippen molar-refractivity contribution in [2.45, 2.75) is 19.4 Å². The van der Waals surface area contributed by atoms with Gasteiger partial charge in [-0.15, -0.1) is 0 Å². The molecule has 7 heteroatoms. The number of nitro benzene ring substituents is 1. The fourth-order valence-electron chi connectivity index (χ4n) is 2.88. The Labute approximate surface area is 156 Å². The monoisotopic (exact) mass is 365 g/mol. The highest BCUT2D eigenvalue weighted by molar-refractivity contribution is 5.95. The van der Waals surface area contributed by atoms with Crippen LogP contribution < -0.4 is 10.2 Å². The minimum absolute atomic E-state index is 0.0193. The first-order valence-corrected chi connectivity index (χ1v) is 8.62. The van der Waals surface area contributed by atoms with Crippen LogP contribution in [0.3, 0.4) is 0 Å². The van der Waals surface area contributed by atoms with Crippen molar-refractivity contribution in [3.05, 3.63) is 75.8 Å². The molecule has 0 unspecified atom stereocenters. The van der Waals surface area contributed by atoms with Gasteiger partial charge in [0.2, 0.25) is 11.8 Å². The summed E-state index contributed by atoms with van der Waals surface area (Å²) in [4.78, 5) is 35.7. The zero-order valence-corrected chi connectivity index (χ0v) is 14.6. The first-order chi connectivity index (χ1) is 13.0. The molecular weight excluding hydrogens is 346 g/mol. The number of non-ortho nitro benzene ring substituents is 1. The average Bonchev–Trinajstić information content (AvgIpc) is 3.11. The van der Waals surface area contributed by atoms with E-state index in [2.05, 4.69) is 5.32 Å². The molecule has 1 saturated heterocycles. The van der Waals surface area contributed by atoms with Crippen LogP contribution in [0.1, 0.15) is 24.0 Å². The molecule has 3 rings (SSSR count). The second-order valence-corrected chi connectivity index (χ2v) is 6.22. The summed E-state index contributed by atoms with van der Waals surface area (Å²) in [5.74, 6) is -0.150. The molecule has 1 aliphatic rings. The van der Waals surface area contributed by atoms with E-state index in [0.29, 0.717) is 18.5 Å². The van der Waals surface area contributed by atoms with Crippen molar-refractivity contribution in [2.75, 3.05) is 11.4 Å². The van der Waals surface area contributed by atoms with Gasteiger partial charge in [-0.2, -0.15) is 0 Å². The van der Waals surface area contributed by atoms with Crippen LogP contribution in [0.2, 0.25) is 0 Å². The van der Waals surface area contributed by atoms with E-state index in [-0.39, 0.29) is 17.5 Å². The van der Waals surface area contributed by atoms with Crippen molar-refractivity contribution < 1.29 is 14.5 Å². The number of hydrogen-bond acceptors (Lipinski definition) is 4. The van der Waals surface area contributed by atoms with Crippen LogP contribution in [-0.4, -0.2) is 23.3 Å². The summed E-state index contributed by atoms with van der Waals surface area (Å²) in [6.07, 6.45) is 4.35. The summed E-state index contributed by atoms with van der Waals surface area (Å²) in [7, 11) is 0. The van der Waals surface area contributed by atoms with Crippen molar-refractivity contribution in [1.82, 2.24) is 5.32 Å². The molecule has 0 aromatic heterocycles. The molecule has 2 aromatic carbocycles. The zero-order chi connectivity index (χ0) is 19.2. The number of nitrogens with one attached hydrogen (secondary N) is 1. The minimum atomic E-state index is -0.475. The Kier molecular flexibility index (Phi) is 5.61. The normalized spacial score (nSPS) is 13.9. The maximum absolute atomic E-state index is 11.9. The molecule has 2 aromatic rings. The Morgan fingerprint density at radius 3 is 2.67 bits per heavy atom. The second-order valence-electron chi connectivity index (χ2n) is 6.22. The van der Waals surface area contributed by atoms with Crippen molar-refractivity contribution in [1.29, 1.82) is 0 Å². The zero-order valence-electron chi connectivity index (χ0n) is 14.6. The summed E-state index contributed by atoms with van der Waals surface area (Å²) >= 11 is 0. The molecule has 2 amide bonds. The van der Waals surface area contributed by atoms with Crippen molar-refractivity contribution in [3.63, 3.8) is 0 Å². The number of carbonyl (C=O) groups excluding carboxylic acids is 2. The summed E-state index contributed by atoms with van der Waals surface area (Å²) in [6.45, 7) is 1.10. The molecule has 1 aliphatic heterocycles. The number of carbonyl (C=O) groups is 2. The topological polar surface area (TPSA) is 92.5 Å². The van der Waals surface area contributed by atoms with Gasteiger partial charge in [-0.3, -0.25) is 19.7 Å². The number of amides is 2. The summed E-state index contributed by atoms with van der Waals surface area (Å²) in [5, 5.41) is 13.5. The molecule has 0 radical (unpaired) electrons. The highest BCUT2D eigenvalue weighted by Gasteiger charge is 2.21. The van der Waals surface area contributed by atoms with Gasteiger partial charge in [-0.05, 0) is 35.8 Å². The third-order valence-corrected chi connectivity index (χ3v) is 4.30. The van der Waals surface area contributed by atoms with E-state index < -0.39 is 4.92 Å². The highest BCUT2D eigenvalue weighted by Crippen LogP contribution is 2.21. The number of benzene rings is 2. The minimum Gasteiger partial charge on any atom is -0.348 e. The molecule has 27 heavy (non-hydrogen) atoms. The quantitative estimate of drug-likeness (QED) is 0.484. The Bertz CT molecular complexity index is 890. The van der Waals surface area contributed by atoms with E-state index in [0.717, 1.165) is 24.2 Å². The van der Waals surface area contributed by atoms with Gasteiger partial charge in [0.15, 0.2) is 0 Å². The van der Waals surface area contributed by atoms with E-state index in [9.17, 15) is 19.7 Å². The van der Waals surface area contributed by atoms with Gasteiger partial charge in [0.05, 0.1) is 4.92 Å². The predicted octanol–water partition coefficient (Wildman–Crippen LogP) is 3.05. The lowest BCUT2D eigenvalue weighted by Crippen LogP contribution is -2.23. The van der Waals surface area contributed by atoms with E-state index in [1.54, 1.807) is 17.0 Å². The first-order valence-electron chi connectivity index (χ1n) is 8.62. The average molecular weight is 365 g/mol. The van der Waals surface area contributed by atoms with Gasteiger partial charge in [0.25, 0.3) is 5.69 Å². The summed E-state index contributed by atoms with van der Waals surface area (Å²) in [6, 6.07) is 13.6. The van der Waals surface area contributed by atoms with Crippen LogP contribution in [0.4, 0.5) is 11.4 Å². The molecule has 1 fully saturated rings. The van der Waals surface area contributed by atoms with Gasteiger partial charge >= 0.3 is 0 Å². The molecule has 1 heterocycles. The number of nitro groups is 1. The van der Waals surface area contributed by atoms with Crippen LogP contribution in [0, 0.1) is 10.1 Å². The lowest BCUT2D eigenvalue weighted by molar-refractivity contribution is -0.384. The van der Waals surface area contributed by atoms with Crippen LogP contribution in [0.5, 0.6) is 0 Å². The number of rotatable bonds is 6. The largest absolute Gasteiger partial charge is 0.348 e. The van der Waals surface area contributed by atoms with E-state index in [4.69, 9.17) is 0 Å². The molecule has 0 saturated carbocycles. The van der Waals surface area contributed by atoms with Crippen LogP contribution >= 0.6 is 0 Å². The number of nitrogens with zero attached hydrogens (tertiary/aromatic N) is 2. The molecule has 0 aliphatic carbocycles. The van der Waals surface area contributed by atoms with Crippen molar-refractivity contribution in [3.8, 4) is 0 Å². The number of anilines is 1. The Balaban J connectivity index is 1.53. The van der Waals surface area contributed by atoms with Gasteiger partial charge < -0.3 is 10.2 Å². The fraction of sp³-hybridized carbons (Fsp3) is 0.200. The third-order valence-electron chi connectivity index (χ3n) is 4.30. The smallest absolute Gasteiger partial charge is 0.270 e. The standard InChI is InChI=1S/C20H19N3O4/c24-19(11-8-15-3-1-4-18(13-15)23(26)27)21-14-16-6-9-17(10-7-16)22-12-2-5-20(22)25/h1,3-4,6-11,13H,2,5,12,14H2,(H,21,24). The lowest BCUT2D eigenvalue weighted by Gasteiger charge is -2.15. The molecule has 1 N–H and O–H groups in total. The maximum Gasteiger partial charge on any atom is 0.270 e. The van der Waals surface area contributed by atoms with Crippen LogP contribution in [0.25, 0.3) is 6.08 Å². The SMILES string of the molecule is O=C(C=Cc1cccc([N+](=O)[O-])c1)NCc1ccc(N2CCCC2=O)cc1. The molecule has 7 nitrogen and oxygen atoms in total. The molecule has 0 atom stereocenters. The van der Waals surface area contributed by atoms with Crippen molar-refractivity contribution in [2.24, 2.45) is 0 Å². The molecular formula is C20H19N3O4. The Morgan fingerprint density at radius 2 is 2.00 bits per heavy atom. The Morgan fingerprint density at radius 1 is 1.22 bits per heavy atom. The summed E-state index contributed by atoms with van der Waals surface area (Å²) in [5.41, 5.74) is 2.36. The van der Waals surface area contributed by atoms with E-state index in [1.165, 1.54) is 24.3 Å². The van der Waals surface area contributed by atoms with Gasteiger partial charge in [0.1, 0.15) is 0 Å². The van der Waals surface area contributed by atoms with Gasteiger partial charge in [-0.25, -0.2) is 0 Å². The highest BCUT2D eigenvalue weighted by atomic mass is 16.6. The first kappa shape index (κ1) is 18.3. The van der Waals surface area contributed by atoms with Crippen molar-refractivity contribution >= 4 is 29.3 Å². The predicted molar refractivity (Wildman–Crippen MR) is 102 cm³/mol. The van der Waals surface area contributed by atoms with E-state index in [1.807, 2.05) is 24.3 Å². The third kappa shape index (κ3) is 4.78. The molecule has 138 valence electrons. The van der Waals surface area contributed by atoms with Gasteiger partial charge in [-0.1, -0.05) is 24.3 Å². The molecule has 0 spiro atoms. The second kappa shape index (κ2) is 8.27. The Hall–Kier alpha value is -3.48. The fourth-order valence-corrected chi connectivity index (χ4v) is 2.88. The lowest BCUT2D eigenvalue weighted by atomic mass is 10.2. The van der Waals surface area contributed by atoms with Crippen LogP contribution in [-0.2, 0) is 16.1 Å².